The van der Waals surface area contributed by atoms with Gasteiger partial charge in [0, 0.05) is 25.2 Å². The molecule has 0 spiro atoms. The molecule has 1 fully saturated rings. The molecule has 4 N–H and O–H groups in total. The molecule has 0 radical (unpaired) electrons. The topological polar surface area (TPSA) is 105 Å². The SMILES string of the molecule is CC(C)[C@H](N)C(=O)NCc1ccc(C(=O)N2CCNC(=O)C2)cc1.Cl. The first-order valence-corrected chi connectivity index (χ1v) is 8.06. The largest absolute Gasteiger partial charge is 0.353 e. The quantitative estimate of drug-likeness (QED) is 0.694. The Hall–Kier alpha value is -2.12. The zero-order chi connectivity index (χ0) is 17.7. The van der Waals surface area contributed by atoms with Crippen LogP contribution in [0, 0.1) is 5.92 Å². The summed E-state index contributed by atoms with van der Waals surface area (Å²) in [5, 5.41) is 5.47. The zero-order valence-electron chi connectivity index (χ0n) is 14.5. The highest BCUT2D eigenvalue weighted by molar-refractivity contribution is 5.97. The van der Waals surface area contributed by atoms with Crippen LogP contribution in [0.5, 0.6) is 0 Å². The van der Waals surface area contributed by atoms with Crippen LogP contribution in [0.2, 0.25) is 0 Å². The lowest BCUT2D eigenvalue weighted by Gasteiger charge is -2.26. The van der Waals surface area contributed by atoms with Crippen molar-refractivity contribution in [3.63, 3.8) is 0 Å². The summed E-state index contributed by atoms with van der Waals surface area (Å²) in [7, 11) is 0. The van der Waals surface area contributed by atoms with Gasteiger partial charge in [0.25, 0.3) is 5.91 Å². The predicted octanol–water partition coefficient (Wildman–Crippen LogP) is 0.280. The van der Waals surface area contributed by atoms with Crippen LogP contribution in [0.3, 0.4) is 0 Å². The van der Waals surface area contributed by atoms with Gasteiger partial charge in [-0.15, -0.1) is 12.4 Å². The van der Waals surface area contributed by atoms with Gasteiger partial charge in [-0.05, 0) is 23.6 Å². The van der Waals surface area contributed by atoms with E-state index in [-0.39, 0.29) is 42.6 Å². The molecule has 0 bridgehead atoms. The van der Waals surface area contributed by atoms with Crippen molar-refractivity contribution in [3.8, 4) is 0 Å². The molecular formula is C17H25ClN4O3. The van der Waals surface area contributed by atoms with E-state index in [0.29, 0.717) is 25.2 Å². The average Bonchev–Trinajstić information content (AvgIpc) is 2.58. The summed E-state index contributed by atoms with van der Waals surface area (Å²) in [5.41, 5.74) is 7.20. The fraction of sp³-hybridized carbons (Fsp3) is 0.471. The number of hydrogen-bond donors (Lipinski definition) is 3. The second-order valence-electron chi connectivity index (χ2n) is 6.26. The zero-order valence-corrected chi connectivity index (χ0v) is 15.3. The van der Waals surface area contributed by atoms with E-state index >= 15 is 0 Å². The van der Waals surface area contributed by atoms with Crippen molar-refractivity contribution in [1.29, 1.82) is 0 Å². The Morgan fingerprint density at radius 2 is 1.92 bits per heavy atom. The number of nitrogens with two attached hydrogens (primary N) is 1. The number of nitrogens with one attached hydrogen (secondary N) is 2. The molecular weight excluding hydrogens is 344 g/mol. The summed E-state index contributed by atoms with van der Waals surface area (Å²) < 4.78 is 0. The van der Waals surface area contributed by atoms with Crippen LogP contribution in [0.1, 0.15) is 29.8 Å². The minimum absolute atomic E-state index is 0. The van der Waals surface area contributed by atoms with Gasteiger partial charge in [0.15, 0.2) is 0 Å². The van der Waals surface area contributed by atoms with Gasteiger partial charge in [-0.1, -0.05) is 26.0 Å². The number of benzene rings is 1. The summed E-state index contributed by atoms with van der Waals surface area (Å²) >= 11 is 0. The van der Waals surface area contributed by atoms with E-state index in [0.717, 1.165) is 5.56 Å². The number of amides is 3. The average molecular weight is 369 g/mol. The highest BCUT2D eigenvalue weighted by Crippen LogP contribution is 2.09. The summed E-state index contributed by atoms with van der Waals surface area (Å²) in [6.07, 6.45) is 0. The molecule has 1 aromatic rings. The van der Waals surface area contributed by atoms with Crippen LogP contribution in [-0.2, 0) is 16.1 Å². The number of carbonyl (C=O) groups excluding carboxylic acids is 3. The normalized spacial score (nSPS) is 15.2. The molecule has 0 aromatic heterocycles. The van der Waals surface area contributed by atoms with Gasteiger partial charge in [0.2, 0.25) is 11.8 Å². The van der Waals surface area contributed by atoms with Crippen LogP contribution in [0.15, 0.2) is 24.3 Å². The molecule has 138 valence electrons. The third-order valence-electron chi connectivity index (χ3n) is 4.01. The number of piperazine rings is 1. The van der Waals surface area contributed by atoms with Crippen molar-refractivity contribution >= 4 is 30.1 Å². The Bertz CT molecular complexity index is 619. The molecule has 1 atom stereocenters. The fourth-order valence-electron chi connectivity index (χ4n) is 2.37. The van der Waals surface area contributed by atoms with E-state index in [4.69, 9.17) is 5.73 Å². The molecule has 1 heterocycles. The van der Waals surface area contributed by atoms with Crippen molar-refractivity contribution in [3.05, 3.63) is 35.4 Å². The van der Waals surface area contributed by atoms with Crippen molar-refractivity contribution < 1.29 is 14.4 Å². The summed E-state index contributed by atoms with van der Waals surface area (Å²) in [5.74, 6) is -0.422. The minimum atomic E-state index is -0.531. The van der Waals surface area contributed by atoms with Crippen molar-refractivity contribution in [2.75, 3.05) is 19.6 Å². The van der Waals surface area contributed by atoms with E-state index in [1.54, 1.807) is 24.3 Å². The molecule has 2 rings (SSSR count). The number of carbonyl (C=O) groups is 3. The predicted molar refractivity (Wildman–Crippen MR) is 97.3 cm³/mol. The highest BCUT2D eigenvalue weighted by atomic mass is 35.5. The first kappa shape index (κ1) is 20.9. The molecule has 8 heteroatoms. The van der Waals surface area contributed by atoms with E-state index in [1.807, 2.05) is 13.8 Å². The molecule has 25 heavy (non-hydrogen) atoms. The lowest BCUT2D eigenvalue weighted by Crippen LogP contribution is -2.49. The summed E-state index contributed by atoms with van der Waals surface area (Å²) in [6, 6.07) is 6.46. The third-order valence-corrected chi connectivity index (χ3v) is 4.01. The first-order valence-electron chi connectivity index (χ1n) is 8.06. The van der Waals surface area contributed by atoms with Crippen LogP contribution in [0.25, 0.3) is 0 Å². The molecule has 1 aliphatic heterocycles. The van der Waals surface area contributed by atoms with Gasteiger partial charge in [-0.2, -0.15) is 0 Å². The molecule has 7 nitrogen and oxygen atoms in total. The van der Waals surface area contributed by atoms with E-state index in [9.17, 15) is 14.4 Å². The molecule has 1 saturated heterocycles. The smallest absolute Gasteiger partial charge is 0.254 e. The Morgan fingerprint density at radius 3 is 2.48 bits per heavy atom. The van der Waals surface area contributed by atoms with Crippen LogP contribution < -0.4 is 16.4 Å². The Balaban J connectivity index is 0.00000312. The third kappa shape index (κ3) is 5.72. The number of halogens is 1. The number of nitrogens with zero attached hydrogens (tertiary/aromatic N) is 1. The molecule has 0 aliphatic carbocycles. The highest BCUT2D eigenvalue weighted by Gasteiger charge is 2.22. The first-order chi connectivity index (χ1) is 11.4. The molecule has 0 saturated carbocycles. The molecule has 0 unspecified atom stereocenters. The van der Waals surface area contributed by atoms with E-state index < -0.39 is 6.04 Å². The minimum Gasteiger partial charge on any atom is -0.353 e. The van der Waals surface area contributed by atoms with Gasteiger partial charge in [-0.3, -0.25) is 14.4 Å². The van der Waals surface area contributed by atoms with Gasteiger partial charge >= 0.3 is 0 Å². The Labute approximate surface area is 153 Å². The second kappa shape index (κ2) is 9.39. The fourth-order valence-corrected chi connectivity index (χ4v) is 2.37. The van der Waals surface area contributed by atoms with Gasteiger partial charge in [0.1, 0.15) is 0 Å². The van der Waals surface area contributed by atoms with E-state index in [2.05, 4.69) is 10.6 Å². The van der Waals surface area contributed by atoms with Gasteiger partial charge < -0.3 is 21.3 Å². The maximum absolute atomic E-state index is 12.3. The molecule has 1 aliphatic rings. The maximum Gasteiger partial charge on any atom is 0.254 e. The summed E-state index contributed by atoms with van der Waals surface area (Å²) in [4.78, 5) is 37.1. The lowest BCUT2D eigenvalue weighted by molar-refractivity contribution is -0.124. The van der Waals surface area contributed by atoms with Crippen molar-refractivity contribution in [2.24, 2.45) is 11.7 Å². The van der Waals surface area contributed by atoms with Crippen LogP contribution in [-0.4, -0.2) is 48.3 Å². The van der Waals surface area contributed by atoms with Crippen molar-refractivity contribution in [2.45, 2.75) is 26.4 Å². The Morgan fingerprint density at radius 1 is 1.28 bits per heavy atom. The number of hydrogen-bond acceptors (Lipinski definition) is 4. The monoisotopic (exact) mass is 368 g/mol. The lowest BCUT2D eigenvalue weighted by atomic mass is 10.0. The van der Waals surface area contributed by atoms with Gasteiger partial charge in [0.05, 0.1) is 12.6 Å². The van der Waals surface area contributed by atoms with Crippen LogP contribution >= 0.6 is 12.4 Å². The maximum atomic E-state index is 12.3. The standard InChI is InChI=1S/C17H24N4O3.ClH/c1-11(2)15(18)16(23)20-9-12-3-5-13(6-4-12)17(24)21-8-7-19-14(22)10-21;/h3-6,11,15H,7-10,18H2,1-2H3,(H,19,22)(H,20,23);1H/t15-;/m0./s1. The second-order valence-corrected chi connectivity index (χ2v) is 6.26. The van der Waals surface area contributed by atoms with E-state index in [1.165, 1.54) is 4.90 Å². The Kier molecular flexibility index (Phi) is 7.86. The van der Waals surface area contributed by atoms with Crippen molar-refractivity contribution in [1.82, 2.24) is 15.5 Å². The summed E-state index contributed by atoms with van der Waals surface area (Å²) in [6.45, 7) is 5.22. The number of rotatable bonds is 5. The van der Waals surface area contributed by atoms with Crippen LogP contribution in [0.4, 0.5) is 0 Å². The van der Waals surface area contributed by atoms with Gasteiger partial charge in [-0.25, -0.2) is 0 Å². The molecule has 1 aromatic carbocycles. The molecule has 3 amide bonds.